The summed E-state index contributed by atoms with van der Waals surface area (Å²) in [6.07, 6.45) is 0.114. The summed E-state index contributed by atoms with van der Waals surface area (Å²) in [5, 5.41) is 9.92. The molecular formula is C11H9BrO2S. The lowest BCUT2D eigenvalue weighted by molar-refractivity contribution is -0.136. The van der Waals surface area contributed by atoms with Crippen LogP contribution in [0.25, 0.3) is 10.1 Å². The lowest BCUT2D eigenvalue weighted by Gasteiger charge is -1.94. The zero-order valence-electron chi connectivity index (χ0n) is 8.08. The minimum atomic E-state index is -0.774. The van der Waals surface area contributed by atoms with Gasteiger partial charge in [-0.15, -0.1) is 11.3 Å². The largest absolute Gasteiger partial charge is 0.481 e. The lowest BCUT2D eigenvalue weighted by atomic mass is 10.1. The molecule has 0 saturated heterocycles. The van der Waals surface area contributed by atoms with Crippen molar-refractivity contribution in [2.75, 3.05) is 0 Å². The van der Waals surface area contributed by atoms with E-state index >= 15 is 0 Å². The summed E-state index contributed by atoms with van der Waals surface area (Å²) in [7, 11) is 0. The number of aryl methyl sites for hydroxylation is 1. The van der Waals surface area contributed by atoms with Gasteiger partial charge in [0.2, 0.25) is 0 Å². The fourth-order valence-electron chi connectivity index (χ4n) is 1.56. The van der Waals surface area contributed by atoms with Crippen LogP contribution in [0, 0.1) is 6.92 Å². The van der Waals surface area contributed by atoms with Crippen LogP contribution in [0.3, 0.4) is 0 Å². The summed E-state index contributed by atoms with van der Waals surface area (Å²) in [4.78, 5) is 11.6. The summed E-state index contributed by atoms with van der Waals surface area (Å²) in [5.74, 6) is -0.774. The van der Waals surface area contributed by atoms with Crippen LogP contribution in [-0.2, 0) is 11.2 Å². The second-order valence-electron chi connectivity index (χ2n) is 3.36. The first kappa shape index (κ1) is 10.6. The van der Waals surface area contributed by atoms with E-state index < -0.39 is 5.97 Å². The number of thiophene rings is 1. The summed E-state index contributed by atoms with van der Waals surface area (Å²) >= 11 is 4.96. The molecule has 0 radical (unpaired) electrons. The average Bonchev–Trinajstić information content (AvgIpc) is 2.42. The molecule has 0 saturated carbocycles. The van der Waals surface area contributed by atoms with Crippen LogP contribution < -0.4 is 0 Å². The highest BCUT2D eigenvalue weighted by atomic mass is 79.9. The Morgan fingerprint density at radius 3 is 2.93 bits per heavy atom. The van der Waals surface area contributed by atoms with Gasteiger partial charge in [-0.3, -0.25) is 4.79 Å². The number of benzene rings is 1. The third-order valence-electron chi connectivity index (χ3n) is 2.31. The van der Waals surface area contributed by atoms with E-state index in [1.54, 1.807) is 11.3 Å². The molecule has 0 aliphatic rings. The number of fused-ring (bicyclic) bond motifs is 1. The topological polar surface area (TPSA) is 37.3 Å². The number of halogens is 1. The molecule has 1 heterocycles. The normalized spacial score (nSPS) is 10.8. The van der Waals surface area contributed by atoms with Crippen LogP contribution in [0.4, 0.5) is 0 Å². The highest BCUT2D eigenvalue weighted by Crippen LogP contribution is 2.32. The number of hydrogen-bond acceptors (Lipinski definition) is 2. The van der Waals surface area contributed by atoms with Gasteiger partial charge in [0, 0.05) is 14.0 Å². The Kier molecular flexibility index (Phi) is 2.80. The summed E-state index contributed by atoms with van der Waals surface area (Å²) in [6, 6.07) is 6.03. The zero-order valence-corrected chi connectivity index (χ0v) is 10.5. The van der Waals surface area contributed by atoms with Crippen molar-refractivity contribution < 1.29 is 9.90 Å². The molecule has 2 aromatic rings. The third-order valence-corrected chi connectivity index (χ3v) is 4.06. The van der Waals surface area contributed by atoms with E-state index in [1.165, 1.54) is 0 Å². The van der Waals surface area contributed by atoms with Gasteiger partial charge in [0.05, 0.1) is 6.42 Å². The van der Waals surface area contributed by atoms with Crippen LogP contribution in [0.5, 0.6) is 0 Å². The Labute approximate surface area is 99.7 Å². The molecule has 1 N–H and O–H groups in total. The molecule has 2 nitrogen and oxygen atoms in total. The molecule has 78 valence electrons. The molecule has 0 spiro atoms. The van der Waals surface area contributed by atoms with Gasteiger partial charge in [0.25, 0.3) is 0 Å². The molecule has 0 aliphatic heterocycles. The smallest absolute Gasteiger partial charge is 0.308 e. The maximum absolute atomic E-state index is 10.7. The van der Waals surface area contributed by atoms with Crippen molar-refractivity contribution in [2.24, 2.45) is 0 Å². The van der Waals surface area contributed by atoms with Gasteiger partial charge in [-0.05, 0) is 30.0 Å². The Morgan fingerprint density at radius 2 is 2.27 bits per heavy atom. The van der Waals surface area contributed by atoms with Crippen LogP contribution in [0.15, 0.2) is 22.7 Å². The number of hydrogen-bond donors (Lipinski definition) is 1. The first-order valence-corrected chi connectivity index (χ1v) is 6.08. The van der Waals surface area contributed by atoms with Crippen molar-refractivity contribution in [1.82, 2.24) is 0 Å². The summed E-state index contributed by atoms with van der Waals surface area (Å²) in [5.41, 5.74) is 1.09. The third kappa shape index (κ3) is 2.06. The average molecular weight is 285 g/mol. The maximum Gasteiger partial charge on any atom is 0.308 e. The van der Waals surface area contributed by atoms with Gasteiger partial charge < -0.3 is 5.11 Å². The fourth-order valence-corrected chi connectivity index (χ4v) is 3.31. The predicted octanol–water partition coefficient (Wildman–Crippen LogP) is 3.60. The Balaban J connectivity index is 2.58. The summed E-state index contributed by atoms with van der Waals surface area (Å²) in [6.45, 7) is 1.98. The van der Waals surface area contributed by atoms with Crippen molar-refractivity contribution >= 4 is 43.3 Å². The first-order chi connectivity index (χ1) is 7.08. The molecule has 0 aliphatic carbocycles. The van der Waals surface area contributed by atoms with Crippen LogP contribution in [-0.4, -0.2) is 11.1 Å². The predicted molar refractivity (Wildman–Crippen MR) is 65.6 cm³/mol. The van der Waals surface area contributed by atoms with Gasteiger partial charge in [-0.2, -0.15) is 0 Å². The SMILES string of the molecule is Cc1c(CC(=O)O)sc2cc(Br)ccc12. The van der Waals surface area contributed by atoms with Crippen LogP contribution in [0.2, 0.25) is 0 Å². The molecule has 0 atom stereocenters. The van der Waals surface area contributed by atoms with Crippen molar-refractivity contribution in [3.8, 4) is 0 Å². The highest BCUT2D eigenvalue weighted by Gasteiger charge is 2.11. The van der Waals surface area contributed by atoms with Crippen molar-refractivity contribution in [1.29, 1.82) is 0 Å². The Bertz CT molecular complexity index is 531. The number of carboxylic acids is 1. The quantitative estimate of drug-likeness (QED) is 0.915. The lowest BCUT2D eigenvalue weighted by Crippen LogP contribution is -1.98. The second-order valence-corrected chi connectivity index (χ2v) is 5.41. The van der Waals surface area contributed by atoms with E-state index in [9.17, 15) is 4.79 Å². The molecule has 2 rings (SSSR count). The van der Waals surface area contributed by atoms with E-state index in [0.29, 0.717) is 0 Å². The summed E-state index contributed by atoms with van der Waals surface area (Å²) < 4.78 is 2.16. The Hall–Kier alpha value is -0.870. The fraction of sp³-hybridized carbons (Fsp3) is 0.182. The van der Waals surface area contributed by atoms with E-state index in [2.05, 4.69) is 15.9 Å². The number of carbonyl (C=O) groups is 1. The minimum Gasteiger partial charge on any atom is -0.481 e. The molecular weight excluding hydrogens is 276 g/mol. The standard InChI is InChI=1S/C11H9BrO2S/c1-6-8-3-2-7(12)4-10(8)15-9(6)5-11(13)14/h2-4H,5H2,1H3,(H,13,14). The zero-order chi connectivity index (χ0) is 11.0. The van der Waals surface area contributed by atoms with E-state index in [-0.39, 0.29) is 6.42 Å². The molecule has 0 amide bonds. The molecule has 1 aromatic heterocycles. The monoisotopic (exact) mass is 284 g/mol. The van der Waals surface area contributed by atoms with Crippen molar-refractivity contribution in [2.45, 2.75) is 13.3 Å². The second kappa shape index (κ2) is 3.94. The van der Waals surface area contributed by atoms with E-state index in [1.807, 2.05) is 25.1 Å². The number of carboxylic acid groups (broad SMARTS) is 1. The highest BCUT2D eigenvalue weighted by molar-refractivity contribution is 9.10. The molecule has 0 unspecified atom stereocenters. The van der Waals surface area contributed by atoms with Crippen LogP contribution >= 0.6 is 27.3 Å². The molecule has 4 heteroatoms. The van der Waals surface area contributed by atoms with Gasteiger partial charge in [0.15, 0.2) is 0 Å². The Morgan fingerprint density at radius 1 is 1.53 bits per heavy atom. The molecule has 1 aromatic carbocycles. The van der Waals surface area contributed by atoms with Gasteiger partial charge in [-0.1, -0.05) is 22.0 Å². The molecule has 0 bridgehead atoms. The van der Waals surface area contributed by atoms with Gasteiger partial charge in [-0.25, -0.2) is 0 Å². The van der Waals surface area contributed by atoms with E-state index in [4.69, 9.17) is 5.11 Å². The van der Waals surface area contributed by atoms with Crippen molar-refractivity contribution in [3.05, 3.63) is 33.1 Å². The first-order valence-electron chi connectivity index (χ1n) is 4.47. The van der Waals surface area contributed by atoms with Gasteiger partial charge >= 0.3 is 5.97 Å². The van der Waals surface area contributed by atoms with Crippen molar-refractivity contribution in [3.63, 3.8) is 0 Å². The van der Waals surface area contributed by atoms with Gasteiger partial charge in [0.1, 0.15) is 0 Å². The minimum absolute atomic E-state index is 0.114. The maximum atomic E-state index is 10.7. The molecule has 0 fully saturated rings. The number of aliphatic carboxylic acids is 1. The van der Waals surface area contributed by atoms with Crippen LogP contribution in [0.1, 0.15) is 10.4 Å². The van der Waals surface area contributed by atoms with E-state index in [0.717, 1.165) is 25.0 Å². The molecule has 15 heavy (non-hydrogen) atoms. The number of rotatable bonds is 2.